The molecule has 8 heteroatoms. The fraction of sp³-hybridized carbons (Fsp3) is 0.474. The van der Waals surface area contributed by atoms with Gasteiger partial charge in [-0.1, -0.05) is 12.1 Å². The normalized spacial score (nSPS) is 16.3. The number of anilines is 1. The van der Waals surface area contributed by atoms with Crippen molar-refractivity contribution in [2.24, 2.45) is 0 Å². The van der Waals surface area contributed by atoms with Crippen LogP contribution in [0.25, 0.3) is 0 Å². The van der Waals surface area contributed by atoms with Crippen molar-refractivity contribution in [3.63, 3.8) is 0 Å². The van der Waals surface area contributed by atoms with E-state index in [-0.39, 0.29) is 23.5 Å². The van der Waals surface area contributed by atoms with Gasteiger partial charge < -0.3 is 19.4 Å². The van der Waals surface area contributed by atoms with Crippen LogP contribution in [0.2, 0.25) is 0 Å². The predicted octanol–water partition coefficient (Wildman–Crippen LogP) is 1.90. The molecule has 0 aliphatic carbocycles. The molecule has 7 nitrogen and oxygen atoms in total. The van der Waals surface area contributed by atoms with Crippen LogP contribution in [0, 0.1) is 5.82 Å². The van der Waals surface area contributed by atoms with Crippen molar-refractivity contribution in [1.82, 2.24) is 15.2 Å². The first-order valence-corrected chi connectivity index (χ1v) is 9.03. The maximum atomic E-state index is 13.9. The molecule has 1 aromatic heterocycles. The third kappa shape index (κ3) is 5.05. The second-order valence-corrected chi connectivity index (χ2v) is 6.67. The summed E-state index contributed by atoms with van der Waals surface area (Å²) in [6.07, 6.45) is 1.37. The number of aromatic nitrogens is 1. The van der Waals surface area contributed by atoms with E-state index in [4.69, 9.17) is 9.15 Å². The number of halogens is 1. The number of nitrogens with zero attached hydrogens (tertiary/aromatic N) is 3. The number of piperazine rings is 1. The second-order valence-electron chi connectivity index (χ2n) is 6.67. The quantitative estimate of drug-likeness (QED) is 0.796. The number of benzene rings is 1. The average Bonchev–Trinajstić information content (AvgIpc) is 3.12. The van der Waals surface area contributed by atoms with Crippen LogP contribution in [0.1, 0.15) is 23.3 Å². The van der Waals surface area contributed by atoms with Gasteiger partial charge in [-0.2, -0.15) is 0 Å². The predicted molar refractivity (Wildman–Crippen MR) is 99.2 cm³/mol. The topological polar surface area (TPSA) is 70.8 Å². The number of rotatable bonds is 7. The van der Waals surface area contributed by atoms with Crippen LogP contribution in [0.5, 0.6) is 0 Å². The van der Waals surface area contributed by atoms with Crippen LogP contribution in [0.3, 0.4) is 0 Å². The zero-order valence-corrected chi connectivity index (χ0v) is 15.7. The van der Waals surface area contributed by atoms with Crippen LogP contribution < -0.4 is 10.2 Å². The fourth-order valence-corrected chi connectivity index (χ4v) is 3.12. The third-order valence-electron chi connectivity index (χ3n) is 4.50. The number of nitrogens with one attached hydrogen (secondary N) is 1. The highest BCUT2D eigenvalue weighted by Crippen LogP contribution is 2.20. The molecule has 0 radical (unpaired) electrons. The van der Waals surface area contributed by atoms with Crippen molar-refractivity contribution in [1.29, 1.82) is 0 Å². The molecule has 0 bridgehead atoms. The first-order valence-electron chi connectivity index (χ1n) is 9.03. The van der Waals surface area contributed by atoms with E-state index in [0.29, 0.717) is 24.7 Å². The summed E-state index contributed by atoms with van der Waals surface area (Å²) in [4.78, 5) is 20.6. The van der Waals surface area contributed by atoms with E-state index in [9.17, 15) is 9.18 Å². The first kappa shape index (κ1) is 19.3. The molecule has 1 amide bonds. The molecule has 2 heterocycles. The van der Waals surface area contributed by atoms with E-state index in [1.54, 1.807) is 19.2 Å². The number of para-hydroxylation sites is 1. The van der Waals surface area contributed by atoms with Crippen LogP contribution in [-0.4, -0.2) is 61.7 Å². The van der Waals surface area contributed by atoms with Crippen LogP contribution in [0.15, 0.2) is 34.9 Å². The van der Waals surface area contributed by atoms with E-state index in [1.165, 1.54) is 12.3 Å². The zero-order valence-electron chi connectivity index (χ0n) is 15.7. The monoisotopic (exact) mass is 376 g/mol. The molecular formula is C19H25FN4O3. The van der Waals surface area contributed by atoms with Crippen molar-refractivity contribution in [2.75, 3.05) is 44.8 Å². The molecule has 1 unspecified atom stereocenters. The van der Waals surface area contributed by atoms with Crippen molar-refractivity contribution in [3.05, 3.63) is 47.9 Å². The van der Waals surface area contributed by atoms with Gasteiger partial charge in [0.15, 0.2) is 5.69 Å². The van der Waals surface area contributed by atoms with E-state index >= 15 is 0 Å². The zero-order chi connectivity index (χ0) is 19.2. The molecule has 1 aliphatic rings. The Morgan fingerprint density at radius 1 is 1.33 bits per heavy atom. The summed E-state index contributed by atoms with van der Waals surface area (Å²) in [5, 5.41) is 2.80. The molecule has 27 heavy (non-hydrogen) atoms. The minimum Gasteiger partial charge on any atom is -0.447 e. The number of amides is 1. The number of ether oxygens (including phenoxy) is 1. The third-order valence-corrected chi connectivity index (χ3v) is 4.50. The van der Waals surface area contributed by atoms with E-state index in [1.807, 2.05) is 17.9 Å². The highest BCUT2D eigenvalue weighted by Gasteiger charge is 2.21. The maximum Gasteiger partial charge on any atom is 0.273 e. The Labute approximate surface area is 158 Å². The van der Waals surface area contributed by atoms with Gasteiger partial charge in [0, 0.05) is 39.3 Å². The molecular weight excluding hydrogens is 351 g/mol. The van der Waals surface area contributed by atoms with Gasteiger partial charge in [-0.15, -0.1) is 0 Å². The smallest absolute Gasteiger partial charge is 0.273 e. The lowest BCUT2D eigenvalue weighted by molar-refractivity contribution is 0.0900. The lowest BCUT2D eigenvalue weighted by Gasteiger charge is -2.35. The molecule has 0 spiro atoms. The Morgan fingerprint density at radius 2 is 2.07 bits per heavy atom. The van der Waals surface area contributed by atoms with Gasteiger partial charge in [0.25, 0.3) is 5.91 Å². The van der Waals surface area contributed by atoms with Crippen LogP contribution in [-0.2, 0) is 11.3 Å². The number of methoxy groups -OCH3 is 1. The number of carbonyl (C=O) groups excluding carboxylic acids is 1. The van der Waals surface area contributed by atoms with Gasteiger partial charge in [0.2, 0.25) is 5.89 Å². The molecule has 146 valence electrons. The Bertz CT molecular complexity index is 759. The lowest BCUT2D eigenvalue weighted by atomic mass is 10.2. The van der Waals surface area contributed by atoms with Gasteiger partial charge in [0.1, 0.15) is 12.1 Å². The second kappa shape index (κ2) is 8.96. The van der Waals surface area contributed by atoms with Crippen molar-refractivity contribution < 1.29 is 18.3 Å². The summed E-state index contributed by atoms with van der Waals surface area (Å²) in [7, 11) is 1.59. The van der Waals surface area contributed by atoms with Gasteiger partial charge in [-0.05, 0) is 19.1 Å². The number of hydrogen-bond acceptors (Lipinski definition) is 6. The molecule has 1 fully saturated rings. The van der Waals surface area contributed by atoms with Crippen LogP contribution in [0.4, 0.5) is 10.1 Å². The summed E-state index contributed by atoms with van der Waals surface area (Å²) < 4.78 is 24.4. The van der Waals surface area contributed by atoms with Gasteiger partial charge in [-0.3, -0.25) is 9.69 Å². The largest absolute Gasteiger partial charge is 0.447 e. The Morgan fingerprint density at radius 3 is 2.78 bits per heavy atom. The maximum absolute atomic E-state index is 13.9. The Hall–Kier alpha value is -2.45. The summed E-state index contributed by atoms with van der Waals surface area (Å²) in [5.74, 6) is 0.0230. The number of carbonyl (C=O) groups is 1. The van der Waals surface area contributed by atoms with Crippen molar-refractivity contribution >= 4 is 11.6 Å². The van der Waals surface area contributed by atoms with Crippen molar-refractivity contribution in [2.45, 2.75) is 19.5 Å². The molecule has 2 aromatic rings. The van der Waals surface area contributed by atoms with Gasteiger partial charge in [-0.25, -0.2) is 9.37 Å². The molecule has 3 rings (SSSR count). The molecule has 1 aromatic carbocycles. The lowest BCUT2D eigenvalue weighted by Crippen LogP contribution is -2.46. The Kier molecular flexibility index (Phi) is 6.41. The van der Waals surface area contributed by atoms with Gasteiger partial charge in [0.05, 0.1) is 18.8 Å². The highest BCUT2D eigenvalue weighted by atomic mass is 19.1. The highest BCUT2D eigenvalue weighted by molar-refractivity contribution is 5.92. The molecule has 1 atom stereocenters. The SMILES string of the molecule is COCC(C)NC(=O)c1coc(CN2CCN(c3ccccc3F)CC2)n1. The molecule has 1 saturated heterocycles. The molecule has 1 aliphatic heterocycles. The first-order chi connectivity index (χ1) is 13.1. The summed E-state index contributed by atoms with van der Waals surface area (Å²) in [6, 6.07) is 6.72. The van der Waals surface area contributed by atoms with E-state index < -0.39 is 0 Å². The van der Waals surface area contributed by atoms with E-state index in [2.05, 4.69) is 15.2 Å². The minimum atomic E-state index is -0.279. The molecule has 0 saturated carbocycles. The number of oxazole rings is 1. The Balaban J connectivity index is 1.50. The van der Waals surface area contributed by atoms with Crippen molar-refractivity contribution in [3.8, 4) is 0 Å². The summed E-state index contributed by atoms with van der Waals surface area (Å²) >= 11 is 0. The average molecular weight is 376 g/mol. The van der Waals surface area contributed by atoms with Gasteiger partial charge >= 0.3 is 0 Å². The van der Waals surface area contributed by atoms with Crippen LogP contribution >= 0.6 is 0 Å². The van der Waals surface area contributed by atoms with E-state index in [0.717, 1.165) is 26.2 Å². The standard InChI is InChI=1S/C19H25FN4O3/c1-14(12-26-2)21-19(25)16-13-27-18(22-16)11-23-7-9-24(10-8-23)17-6-4-3-5-15(17)20/h3-6,13-14H,7-12H2,1-2H3,(H,21,25). The fourth-order valence-electron chi connectivity index (χ4n) is 3.12. The summed E-state index contributed by atoms with van der Waals surface area (Å²) in [6.45, 7) is 5.80. The summed E-state index contributed by atoms with van der Waals surface area (Å²) in [5.41, 5.74) is 0.898. The molecule has 1 N–H and O–H groups in total. The number of hydrogen-bond donors (Lipinski definition) is 1. The minimum absolute atomic E-state index is 0.103.